The molecule has 0 spiro atoms. The minimum Gasteiger partial charge on any atom is -0.484 e. The van der Waals surface area contributed by atoms with E-state index in [1.54, 1.807) is 0 Å². The van der Waals surface area contributed by atoms with Crippen LogP contribution in [0.25, 0.3) is 22.6 Å². The van der Waals surface area contributed by atoms with Gasteiger partial charge in [-0.25, -0.2) is 4.57 Å². The molecule has 4 nitrogen and oxygen atoms in total. The number of halogens is 2. The molecule has 4 aromatic rings. The number of carbonyl (C=O) groups excluding carboxylic acids is 1. The van der Waals surface area contributed by atoms with Crippen LogP contribution in [-0.2, 0) is 17.8 Å². The number of benzene rings is 2. The highest BCUT2D eigenvalue weighted by atomic mass is 79.9. The molecular formula is C28H25BrClN2O2+. The van der Waals surface area contributed by atoms with E-state index in [0.717, 1.165) is 46.9 Å². The van der Waals surface area contributed by atoms with Crippen LogP contribution in [0.3, 0.4) is 0 Å². The molecule has 2 heterocycles. The van der Waals surface area contributed by atoms with Crippen LogP contribution in [0.2, 0.25) is 5.02 Å². The summed E-state index contributed by atoms with van der Waals surface area (Å²) < 4.78 is 9.01. The third-order valence-corrected chi connectivity index (χ3v) is 6.91. The average molecular weight is 537 g/mol. The Morgan fingerprint density at radius 3 is 2.79 bits per heavy atom. The fourth-order valence-corrected chi connectivity index (χ4v) is 4.97. The molecule has 0 aliphatic heterocycles. The number of unbranched alkanes of at least 4 members (excludes halogenated alkanes) is 1. The Morgan fingerprint density at radius 2 is 1.94 bits per heavy atom. The van der Waals surface area contributed by atoms with E-state index in [0.29, 0.717) is 17.2 Å². The molecular weight excluding hydrogens is 512 g/mol. The van der Waals surface area contributed by atoms with Gasteiger partial charge in [0.25, 0.3) is 0 Å². The van der Waals surface area contributed by atoms with E-state index in [4.69, 9.17) is 16.3 Å². The maximum absolute atomic E-state index is 12.3. The predicted molar refractivity (Wildman–Crippen MR) is 140 cm³/mol. The molecule has 2 aromatic heterocycles. The van der Waals surface area contributed by atoms with Crippen molar-refractivity contribution in [1.82, 2.24) is 4.98 Å². The monoisotopic (exact) mass is 535 g/mol. The lowest BCUT2D eigenvalue weighted by molar-refractivity contribution is -0.697. The van der Waals surface area contributed by atoms with Gasteiger partial charge in [-0.2, -0.15) is 0 Å². The Hall–Kier alpha value is -2.89. The number of hydrogen-bond acceptors (Lipinski definition) is 2. The molecule has 0 amide bonds. The smallest absolute Gasteiger partial charge is 0.170 e. The van der Waals surface area contributed by atoms with Crippen molar-refractivity contribution < 1.29 is 14.1 Å². The number of aromatic nitrogens is 2. The molecule has 0 radical (unpaired) electrons. The Balaban J connectivity index is 1.18. The van der Waals surface area contributed by atoms with Gasteiger partial charge in [-0.15, -0.1) is 0 Å². The maximum Gasteiger partial charge on any atom is 0.170 e. The topological polar surface area (TPSA) is 46.0 Å². The number of aromatic amines is 1. The van der Waals surface area contributed by atoms with Gasteiger partial charge < -0.3 is 9.72 Å². The van der Waals surface area contributed by atoms with Crippen molar-refractivity contribution in [2.75, 3.05) is 6.61 Å². The van der Waals surface area contributed by atoms with Crippen molar-refractivity contribution in [2.24, 2.45) is 0 Å². The number of carbonyl (C=O) groups is 1. The molecule has 34 heavy (non-hydrogen) atoms. The van der Waals surface area contributed by atoms with Gasteiger partial charge in [0.15, 0.2) is 18.2 Å². The van der Waals surface area contributed by atoms with Crippen LogP contribution in [0, 0.1) is 0 Å². The molecule has 0 bridgehead atoms. The van der Waals surface area contributed by atoms with Crippen LogP contribution in [0.15, 0.2) is 71.5 Å². The number of pyridine rings is 1. The first-order valence-corrected chi connectivity index (χ1v) is 12.6. The first-order valence-electron chi connectivity index (χ1n) is 11.5. The van der Waals surface area contributed by atoms with Gasteiger partial charge in [-0.1, -0.05) is 39.7 Å². The van der Waals surface area contributed by atoms with E-state index in [1.165, 1.54) is 16.7 Å². The Morgan fingerprint density at radius 1 is 1.09 bits per heavy atom. The zero-order chi connectivity index (χ0) is 23.5. The van der Waals surface area contributed by atoms with Crippen molar-refractivity contribution in [3.05, 3.63) is 93.3 Å². The highest BCUT2D eigenvalue weighted by Gasteiger charge is 2.17. The summed E-state index contributed by atoms with van der Waals surface area (Å²) in [7, 11) is 0. The summed E-state index contributed by atoms with van der Waals surface area (Å²) in [5, 5.41) is 1.54. The van der Waals surface area contributed by atoms with Gasteiger partial charge in [-0.05, 0) is 53.5 Å². The summed E-state index contributed by atoms with van der Waals surface area (Å²) in [5.74, 6) is 0.616. The highest BCUT2D eigenvalue weighted by Crippen LogP contribution is 2.36. The summed E-state index contributed by atoms with van der Waals surface area (Å²) in [6.07, 6.45) is 9.48. The summed E-state index contributed by atoms with van der Waals surface area (Å²) in [5.41, 5.74) is 5.82. The summed E-state index contributed by atoms with van der Waals surface area (Å²) in [6.45, 7) is 0.942. The molecule has 1 aliphatic carbocycles. The molecule has 6 heteroatoms. The third-order valence-electron chi connectivity index (χ3n) is 6.12. The Labute approximate surface area is 212 Å². The molecule has 1 aliphatic rings. The second kappa shape index (κ2) is 10.2. The number of hydrogen-bond donors (Lipinski definition) is 1. The number of allylic oxidation sites excluding steroid dienone is 1. The first kappa shape index (κ1) is 22.9. The van der Waals surface area contributed by atoms with Crippen molar-refractivity contribution in [3.63, 3.8) is 0 Å². The van der Waals surface area contributed by atoms with Crippen molar-refractivity contribution in [3.8, 4) is 5.75 Å². The number of Topliss-reactive ketones (excluding diaryl/α,β-unsaturated/α-hetero) is 1. The predicted octanol–water partition coefficient (Wildman–Crippen LogP) is 6.79. The number of nitrogens with zero attached hydrogens (tertiary/aromatic N) is 1. The molecule has 5 rings (SSSR count). The summed E-state index contributed by atoms with van der Waals surface area (Å²) in [6, 6.07) is 18.3. The van der Waals surface area contributed by atoms with E-state index in [1.807, 2.05) is 42.7 Å². The summed E-state index contributed by atoms with van der Waals surface area (Å²) in [4.78, 5) is 15.8. The fourth-order valence-electron chi connectivity index (χ4n) is 4.33. The standard InChI is InChI=1S/C28H25BrClN2O2/c29-23-8-7-19-12-21(13-20(19)14-23)26-16-22-15-25(30)28(17-27(22)31-26)34-18-24(33)6-2-5-11-32-9-3-1-4-10-32/h1,3-4,7-10,12,14-17,31H,2,5-6,11,13,18H2/q+1. The van der Waals surface area contributed by atoms with Gasteiger partial charge in [0.1, 0.15) is 18.9 Å². The average Bonchev–Trinajstić information content (AvgIpc) is 3.44. The number of rotatable bonds is 9. The van der Waals surface area contributed by atoms with Gasteiger partial charge in [0, 0.05) is 58.5 Å². The van der Waals surface area contributed by atoms with Crippen molar-refractivity contribution in [1.29, 1.82) is 0 Å². The van der Waals surface area contributed by atoms with Crippen LogP contribution in [0.1, 0.15) is 36.1 Å². The van der Waals surface area contributed by atoms with Crippen LogP contribution >= 0.6 is 27.5 Å². The minimum atomic E-state index is 0.0343. The van der Waals surface area contributed by atoms with Gasteiger partial charge >= 0.3 is 0 Å². The van der Waals surface area contributed by atoms with Crippen LogP contribution in [0.5, 0.6) is 5.75 Å². The largest absolute Gasteiger partial charge is 0.484 e. The van der Waals surface area contributed by atoms with Crippen LogP contribution in [0.4, 0.5) is 0 Å². The Bertz CT molecular complexity index is 1380. The Kier molecular flexibility index (Phi) is 6.84. The maximum atomic E-state index is 12.3. The number of fused-ring (bicyclic) bond motifs is 2. The third kappa shape index (κ3) is 5.26. The molecule has 0 fully saturated rings. The van der Waals surface area contributed by atoms with Crippen molar-refractivity contribution in [2.45, 2.75) is 32.2 Å². The van der Waals surface area contributed by atoms with Gasteiger partial charge in [0.05, 0.1) is 5.02 Å². The van der Waals surface area contributed by atoms with Gasteiger partial charge in [-0.3, -0.25) is 4.79 Å². The van der Waals surface area contributed by atoms with E-state index < -0.39 is 0 Å². The summed E-state index contributed by atoms with van der Waals surface area (Å²) >= 11 is 10.0. The molecule has 0 saturated carbocycles. The van der Waals surface area contributed by atoms with Gasteiger partial charge in [0.2, 0.25) is 0 Å². The zero-order valence-electron chi connectivity index (χ0n) is 18.7. The fraction of sp³-hybridized carbons (Fsp3) is 0.214. The number of H-pyrrole nitrogens is 1. The number of aryl methyl sites for hydroxylation is 1. The second-order valence-corrected chi connectivity index (χ2v) is 9.96. The number of nitrogens with one attached hydrogen (secondary N) is 1. The molecule has 0 unspecified atom stereocenters. The van der Waals surface area contributed by atoms with E-state index >= 15 is 0 Å². The van der Waals surface area contributed by atoms with E-state index in [9.17, 15) is 4.79 Å². The SMILES string of the molecule is O=C(CCCC[n+]1ccccc1)COc1cc2[nH]c(C3=Cc4ccc(Br)cc4C3)cc2cc1Cl. The first-order chi connectivity index (χ1) is 16.5. The van der Waals surface area contributed by atoms with Crippen LogP contribution in [-0.4, -0.2) is 17.4 Å². The molecule has 1 N–H and O–H groups in total. The van der Waals surface area contributed by atoms with Crippen molar-refractivity contribution >= 4 is 55.9 Å². The lowest BCUT2D eigenvalue weighted by Gasteiger charge is -2.07. The second-order valence-electron chi connectivity index (χ2n) is 8.64. The molecule has 2 aromatic carbocycles. The van der Waals surface area contributed by atoms with E-state index in [-0.39, 0.29) is 12.4 Å². The molecule has 0 saturated heterocycles. The number of ketones is 1. The zero-order valence-corrected chi connectivity index (χ0v) is 21.0. The normalized spacial score (nSPS) is 12.6. The lowest BCUT2D eigenvalue weighted by Crippen LogP contribution is -2.32. The molecule has 172 valence electrons. The highest BCUT2D eigenvalue weighted by molar-refractivity contribution is 9.10. The molecule has 0 atom stereocenters. The number of ether oxygens (including phenoxy) is 1. The van der Waals surface area contributed by atoms with Crippen LogP contribution < -0.4 is 9.30 Å². The minimum absolute atomic E-state index is 0.0343. The lowest BCUT2D eigenvalue weighted by atomic mass is 10.1. The quantitative estimate of drug-likeness (QED) is 0.189. The van der Waals surface area contributed by atoms with E-state index in [2.05, 4.69) is 55.8 Å².